The minimum absolute atomic E-state index is 0.138. The third kappa shape index (κ3) is 3.61. The molecule has 2 aromatic rings. The van der Waals surface area contributed by atoms with E-state index in [0.29, 0.717) is 18.5 Å². The number of thioether (sulfide) groups is 1. The predicted molar refractivity (Wildman–Crippen MR) is 103 cm³/mol. The summed E-state index contributed by atoms with van der Waals surface area (Å²) in [4.78, 5) is 23.2. The number of hydrogen-bond donors (Lipinski definition) is 0. The Bertz CT molecular complexity index is 734. The summed E-state index contributed by atoms with van der Waals surface area (Å²) in [5.74, 6) is 0.462. The molecule has 3 saturated heterocycles. The lowest BCUT2D eigenvalue weighted by molar-refractivity contribution is -0.140. The number of benzene rings is 1. The molecule has 132 valence electrons. The largest absolute Gasteiger partial charge is 0.332 e. The molecule has 0 radical (unpaired) electrons. The van der Waals surface area contributed by atoms with E-state index in [2.05, 4.69) is 50.7 Å². The van der Waals surface area contributed by atoms with Gasteiger partial charge in [-0.3, -0.25) is 9.69 Å². The molecule has 3 aliphatic rings. The van der Waals surface area contributed by atoms with Crippen LogP contribution in [-0.4, -0.2) is 46.1 Å². The first-order valence-corrected chi connectivity index (χ1v) is 10.9. The molecule has 25 heavy (non-hydrogen) atoms. The molecule has 0 spiro atoms. The number of aromatic nitrogens is 1. The van der Waals surface area contributed by atoms with Crippen LogP contribution in [0, 0.1) is 5.92 Å². The van der Waals surface area contributed by atoms with Crippen LogP contribution in [0.2, 0.25) is 0 Å². The zero-order valence-corrected chi connectivity index (χ0v) is 16.1. The molecule has 2 atom stereocenters. The summed E-state index contributed by atoms with van der Waals surface area (Å²) in [7, 11) is 0. The molecular formula is C19H23N3OS2. The smallest absolute Gasteiger partial charge is 0.227 e. The van der Waals surface area contributed by atoms with E-state index in [0.717, 1.165) is 38.2 Å². The van der Waals surface area contributed by atoms with Gasteiger partial charge in [0, 0.05) is 36.0 Å². The molecule has 3 aliphatic heterocycles. The lowest BCUT2D eigenvalue weighted by atomic mass is 9.94. The lowest BCUT2D eigenvalue weighted by Crippen LogP contribution is -2.47. The Morgan fingerprint density at radius 1 is 1.24 bits per heavy atom. The maximum atomic E-state index is 12.9. The van der Waals surface area contributed by atoms with Crippen molar-refractivity contribution in [2.75, 3.05) is 19.3 Å². The number of piperidine rings is 1. The van der Waals surface area contributed by atoms with Crippen molar-refractivity contribution in [1.29, 1.82) is 0 Å². The fraction of sp³-hybridized carbons (Fsp3) is 0.474. The molecule has 3 fully saturated rings. The molecule has 1 aromatic carbocycles. The maximum absolute atomic E-state index is 12.9. The van der Waals surface area contributed by atoms with E-state index in [1.54, 1.807) is 23.1 Å². The van der Waals surface area contributed by atoms with E-state index in [1.807, 2.05) is 5.51 Å². The van der Waals surface area contributed by atoms with Crippen LogP contribution < -0.4 is 0 Å². The van der Waals surface area contributed by atoms with Crippen molar-refractivity contribution in [3.8, 4) is 0 Å². The molecule has 4 nitrogen and oxygen atoms in total. The Balaban J connectivity index is 1.51. The van der Waals surface area contributed by atoms with Gasteiger partial charge in [0.2, 0.25) is 5.91 Å². The standard InChI is InChI=1S/C19H23N3OS2/c1-24-18-5-3-2-4-14(18)8-21-9-15-6-7-17(11-21)22(19(15)23)10-16-12-25-13-20-16/h2-5,12-13,15,17H,6-11H2,1H3/t15-,17+/m0/s1. The van der Waals surface area contributed by atoms with Gasteiger partial charge in [-0.15, -0.1) is 23.1 Å². The summed E-state index contributed by atoms with van der Waals surface area (Å²) < 4.78 is 0. The van der Waals surface area contributed by atoms with Crippen LogP contribution in [0.4, 0.5) is 0 Å². The van der Waals surface area contributed by atoms with Crippen molar-refractivity contribution in [2.45, 2.75) is 36.9 Å². The molecule has 1 aromatic heterocycles. The summed E-state index contributed by atoms with van der Waals surface area (Å²) in [5.41, 5.74) is 4.24. The van der Waals surface area contributed by atoms with Gasteiger partial charge in [0.1, 0.15) is 0 Å². The average molecular weight is 374 g/mol. The number of hydrogen-bond acceptors (Lipinski definition) is 5. The predicted octanol–water partition coefficient (Wildman–Crippen LogP) is 3.49. The Hall–Kier alpha value is -1.37. The first-order chi connectivity index (χ1) is 12.2. The number of nitrogens with zero attached hydrogens (tertiary/aromatic N) is 3. The molecule has 1 amide bonds. The third-order valence-electron chi connectivity index (χ3n) is 5.27. The van der Waals surface area contributed by atoms with Crippen molar-refractivity contribution in [2.24, 2.45) is 5.92 Å². The number of fused-ring (bicyclic) bond motifs is 4. The van der Waals surface area contributed by atoms with E-state index in [-0.39, 0.29) is 5.92 Å². The van der Waals surface area contributed by atoms with E-state index >= 15 is 0 Å². The molecule has 0 aliphatic carbocycles. The van der Waals surface area contributed by atoms with Gasteiger partial charge in [-0.25, -0.2) is 4.98 Å². The quantitative estimate of drug-likeness (QED) is 0.752. The molecule has 4 heterocycles. The first-order valence-electron chi connectivity index (χ1n) is 8.76. The monoisotopic (exact) mass is 373 g/mol. The zero-order valence-electron chi connectivity index (χ0n) is 14.4. The molecule has 6 heteroatoms. The van der Waals surface area contributed by atoms with Crippen LogP contribution in [0.25, 0.3) is 0 Å². The molecule has 2 bridgehead atoms. The number of amides is 1. The molecule has 0 saturated carbocycles. The van der Waals surface area contributed by atoms with E-state index in [4.69, 9.17) is 0 Å². The summed E-state index contributed by atoms with van der Waals surface area (Å²) in [6, 6.07) is 8.93. The lowest BCUT2D eigenvalue weighted by Gasteiger charge is -2.35. The Morgan fingerprint density at radius 3 is 2.92 bits per heavy atom. The van der Waals surface area contributed by atoms with Gasteiger partial charge in [0.15, 0.2) is 0 Å². The van der Waals surface area contributed by atoms with Crippen LogP contribution in [-0.2, 0) is 17.9 Å². The fourth-order valence-electron chi connectivity index (χ4n) is 4.03. The van der Waals surface area contributed by atoms with Crippen molar-refractivity contribution in [1.82, 2.24) is 14.8 Å². The average Bonchev–Trinajstić information content (AvgIpc) is 3.01. The van der Waals surface area contributed by atoms with Gasteiger partial charge in [-0.1, -0.05) is 18.2 Å². The van der Waals surface area contributed by atoms with Crippen LogP contribution in [0.3, 0.4) is 0 Å². The van der Waals surface area contributed by atoms with Crippen molar-refractivity contribution in [3.05, 3.63) is 46.4 Å². The number of carbonyl (C=O) groups is 1. The summed E-state index contributed by atoms with van der Waals surface area (Å²) in [5, 5.41) is 2.05. The second-order valence-corrected chi connectivity index (χ2v) is 8.45. The van der Waals surface area contributed by atoms with E-state index < -0.39 is 0 Å². The highest BCUT2D eigenvalue weighted by Crippen LogP contribution is 2.32. The fourth-order valence-corrected chi connectivity index (χ4v) is 5.19. The summed E-state index contributed by atoms with van der Waals surface area (Å²) >= 11 is 3.40. The van der Waals surface area contributed by atoms with Crippen molar-refractivity contribution < 1.29 is 4.79 Å². The second kappa shape index (κ2) is 7.48. The maximum Gasteiger partial charge on any atom is 0.227 e. The van der Waals surface area contributed by atoms with Gasteiger partial charge in [0.25, 0.3) is 0 Å². The van der Waals surface area contributed by atoms with Gasteiger partial charge in [-0.05, 0) is 30.7 Å². The number of thiazole rings is 1. The van der Waals surface area contributed by atoms with Gasteiger partial charge >= 0.3 is 0 Å². The van der Waals surface area contributed by atoms with Crippen LogP contribution in [0.15, 0.2) is 40.1 Å². The normalized spacial score (nSPS) is 23.9. The van der Waals surface area contributed by atoms with Gasteiger partial charge < -0.3 is 4.90 Å². The minimum Gasteiger partial charge on any atom is -0.332 e. The summed E-state index contributed by atoms with van der Waals surface area (Å²) in [6.45, 7) is 3.45. The minimum atomic E-state index is 0.138. The zero-order chi connectivity index (χ0) is 17.2. The topological polar surface area (TPSA) is 36.4 Å². The Labute approximate surface area is 157 Å². The summed E-state index contributed by atoms with van der Waals surface area (Å²) in [6.07, 6.45) is 4.27. The Morgan fingerprint density at radius 2 is 2.12 bits per heavy atom. The van der Waals surface area contributed by atoms with Crippen LogP contribution in [0.5, 0.6) is 0 Å². The number of rotatable bonds is 5. The SMILES string of the molecule is CSc1ccccc1CN1C[C@@H]2CC[C@H](C1)N(Cc1cscn1)C2=O. The highest BCUT2D eigenvalue weighted by molar-refractivity contribution is 7.98. The van der Waals surface area contributed by atoms with Crippen LogP contribution in [0.1, 0.15) is 24.1 Å². The molecule has 0 unspecified atom stereocenters. The van der Waals surface area contributed by atoms with Crippen LogP contribution >= 0.6 is 23.1 Å². The van der Waals surface area contributed by atoms with Gasteiger partial charge in [-0.2, -0.15) is 0 Å². The van der Waals surface area contributed by atoms with Gasteiger partial charge in [0.05, 0.1) is 23.7 Å². The number of carbonyl (C=O) groups excluding carboxylic acids is 1. The third-order valence-corrected chi connectivity index (χ3v) is 6.74. The van der Waals surface area contributed by atoms with E-state index in [1.165, 1.54) is 10.5 Å². The highest BCUT2D eigenvalue weighted by Gasteiger charge is 2.40. The molecule has 5 rings (SSSR count). The first kappa shape index (κ1) is 17.1. The highest BCUT2D eigenvalue weighted by atomic mass is 32.2. The Kier molecular flexibility index (Phi) is 5.10. The van der Waals surface area contributed by atoms with E-state index in [9.17, 15) is 4.79 Å². The van der Waals surface area contributed by atoms with Crippen molar-refractivity contribution >= 4 is 29.0 Å². The van der Waals surface area contributed by atoms with Crippen molar-refractivity contribution in [3.63, 3.8) is 0 Å². The second-order valence-electron chi connectivity index (χ2n) is 6.88. The molecule has 0 N–H and O–H groups in total. The molecular weight excluding hydrogens is 350 g/mol.